The third-order valence-corrected chi connectivity index (χ3v) is 5.46. The van der Waals surface area contributed by atoms with Gasteiger partial charge in [-0.1, -0.05) is 60.7 Å². The van der Waals surface area contributed by atoms with Crippen LogP contribution in [0.5, 0.6) is 11.5 Å². The molecule has 0 atom stereocenters. The third-order valence-electron chi connectivity index (χ3n) is 5.46. The highest BCUT2D eigenvalue weighted by molar-refractivity contribution is 5.74. The lowest BCUT2D eigenvalue weighted by Gasteiger charge is -2.08. The lowest BCUT2D eigenvalue weighted by molar-refractivity contribution is 0.372. The highest BCUT2D eigenvalue weighted by atomic mass is 19.2. The molecule has 4 aromatic carbocycles. The van der Waals surface area contributed by atoms with Crippen molar-refractivity contribution < 1.29 is 27.0 Å². The minimum Gasteiger partial charge on any atom is -0.497 e. The molecule has 0 fully saturated rings. The lowest BCUT2D eigenvalue weighted by Crippen LogP contribution is -1.95. The SMILES string of the molecule is COc1ccc(-c2ccc(/C=C/c3ccc(-c4ccc(OC)c(F)c4F)cc3)c(F)c2F)cc1. The first-order chi connectivity index (χ1) is 16.4. The first kappa shape index (κ1) is 23.1. The summed E-state index contributed by atoms with van der Waals surface area (Å²) in [7, 11) is 2.79. The Morgan fingerprint density at radius 2 is 1.09 bits per heavy atom. The molecule has 0 saturated carbocycles. The maximum Gasteiger partial charge on any atom is 0.201 e. The van der Waals surface area contributed by atoms with Gasteiger partial charge in [0.2, 0.25) is 5.82 Å². The maximum atomic E-state index is 14.7. The zero-order chi connectivity index (χ0) is 24.2. The van der Waals surface area contributed by atoms with Crippen molar-refractivity contribution in [3.8, 4) is 33.8 Å². The molecule has 0 bridgehead atoms. The summed E-state index contributed by atoms with van der Waals surface area (Å²) in [6, 6.07) is 19.1. The smallest absolute Gasteiger partial charge is 0.201 e. The van der Waals surface area contributed by atoms with Crippen LogP contribution in [0.3, 0.4) is 0 Å². The Bertz CT molecular complexity index is 1340. The van der Waals surface area contributed by atoms with Crippen LogP contribution in [0.1, 0.15) is 11.1 Å². The molecule has 0 unspecified atom stereocenters. The average Bonchev–Trinajstić information content (AvgIpc) is 2.87. The van der Waals surface area contributed by atoms with Gasteiger partial charge in [-0.3, -0.25) is 0 Å². The van der Waals surface area contributed by atoms with E-state index in [1.807, 2.05) is 0 Å². The Labute approximate surface area is 194 Å². The predicted octanol–water partition coefficient (Wildman–Crippen LogP) is 7.76. The van der Waals surface area contributed by atoms with E-state index in [1.54, 1.807) is 54.6 Å². The number of benzene rings is 4. The molecule has 0 amide bonds. The summed E-state index contributed by atoms with van der Waals surface area (Å²) in [5.41, 5.74) is 2.01. The molecule has 0 aliphatic rings. The van der Waals surface area contributed by atoms with Crippen molar-refractivity contribution in [3.63, 3.8) is 0 Å². The molecule has 172 valence electrons. The van der Waals surface area contributed by atoms with Crippen LogP contribution in [0.25, 0.3) is 34.4 Å². The van der Waals surface area contributed by atoms with Crippen molar-refractivity contribution >= 4 is 12.2 Å². The molecule has 4 aromatic rings. The highest BCUT2D eigenvalue weighted by Gasteiger charge is 2.15. The zero-order valence-electron chi connectivity index (χ0n) is 18.4. The number of rotatable bonds is 6. The number of methoxy groups -OCH3 is 2. The van der Waals surface area contributed by atoms with Crippen molar-refractivity contribution in [2.75, 3.05) is 14.2 Å². The summed E-state index contributed by atoms with van der Waals surface area (Å²) in [5.74, 6) is -3.52. The van der Waals surface area contributed by atoms with E-state index >= 15 is 0 Å². The largest absolute Gasteiger partial charge is 0.497 e. The van der Waals surface area contributed by atoms with E-state index in [-0.39, 0.29) is 22.4 Å². The molecule has 0 saturated heterocycles. The zero-order valence-corrected chi connectivity index (χ0v) is 18.4. The molecule has 0 spiro atoms. The summed E-state index contributed by atoms with van der Waals surface area (Å²) < 4.78 is 67.6. The van der Waals surface area contributed by atoms with E-state index in [4.69, 9.17) is 9.47 Å². The molecule has 0 N–H and O–H groups in total. The Morgan fingerprint density at radius 1 is 0.529 bits per heavy atom. The van der Waals surface area contributed by atoms with Crippen molar-refractivity contribution in [1.29, 1.82) is 0 Å². The summed E-state index contributed by atoms with van der Waals surface area (Å²) >= 11 is 0. The molecule has 0 aromatic heterocycles. The van der Waals surface area contributed by atoms with Crippen molar-refractivity contribution in [2.45, 2.75) is 0 Å². The second kappa shape index (κ2) is 9.83. The van der Waals surface area contributed by atoms with Crippen LogP contribution in [0.2, 0.25) is 0 Å². The van der Waals surface area contributed by atoms with Gasteiger partial charge in [0, 0.05) is 16.7 Å². The summed E-state index contributed by atoms with van der Waals surface area (Å²) in [5, 5.41) is 0. The van der Waals surface area contributed by atoms with E-state index < -0.39 is 23.3 Å². The van der Waals surface area contributed by atoms with Crippen LogP contribution in [0.15, 0.2) is 72.8 Å². The first-order valence-electron chi connectivity index (χ1n) is 10.4. The topological polar surface area (TPSA) is 18.5 Å². The van der Waals surface area contributed by atoms with Crippen LogP contribution < -0.4 is 9.47 Å². The van der Waals surface area contributed by atoms with Crippen LogP contribution in [0.4, 0.5) is 17.6 Å². The van der Waals surface area contributed by atoms with E-state index in [0.717, 1.165) is 0 Å². The molecular weight excluding hydrogens is 444 g/mol. The fourth-order valence-corrected chi connectivity index (χ4v) is 3.56. The molecule has 0 aliphatic heterocycles. The van der Waals surface area contributed by atoms with E-state index in [1.165, 1.54) is 44.6 Å². The highest BCUT2D eigenvalue weighted by Crippen LogP contribution is 2.31. The Hall–Kier alpha value is -4.06. The first-order valence-corrected chi connectivity index (χ1v) is 10.4. The number of hydrogen-bond acceptors (Lipinski definition) is 2. The van der Waals surface area contributed by atoms with Gasteiger partial charge in [-0.2, -0.15) is 4.39 Å². The van der Waals surface area contributed by atoms with E-state index in [9.17, 15) is 17.6 Å². The number of halogens is 4. The third kappa shape index (κ3) is 4.53. The van der Waals surface area contributed by atoms with E-state index in [0.29, 0.717) is 22.4 Å². The van der Waals surface area contributed by atoms with Gasteiger partial charge in [-0.05, 0) is 41.0 Å². The summed E-state index contributed by atoms with van der Waals surface area (Å²) in [4.78, 5) is 0. The van der Waals surface area contributed by atoms with Crippen LogP contribution >= 0.6 is 0 Å². The molecule has 6 heteroatoms. The predicted molar refractivity (Wildman–Crippen MR) is 126 cm³/mol. The van der Waals surface area contributed by atoms with Crippen LogP contribution in [-0.2, 0) is 0 Å². The molecule has 0 aliphatic carbocycles. The van der Waals surface area contributed by atoms with Crippen LogP contribution in [0, 0.1) is 23.3 Å². The second-order valence-electron chi connectivity index (χ2n) is 7.46. The molecule has 34 heavy (non-hydrogen) atoms. The normalized spacial score (nSPS) is 11.1. The van der Waals surface area contributed by atoms with Crippen molar-refractivity contribution in [2.24, 2.45) is 0 Å². The molecule has 0 radical (unpaired) electrons. The van der Waals surface area contributed by atoms with Gasteiger partial charge in [0.1, 0.15) is 5.75 Å². The Kier molecular flexibility index (Phi) is 6.68. The molecule has 0 heterocycles. The lowest BCUT2D eigenvalue weighted by atomic mass is 10.0. The second-order valence-corrected chi connectivity index (χ2v) is 7.46. The van der Waals surface area contributed by atoms with Gasteiger partial charge >= 0.3 is 0 Å². The fourth-order valence-electron chi connectivity index (χ4n) is 3.56. The van der Waals surface area contributed by atoms with Gasteiger partial charge < -0.3 is 9.47 Å². The summed E-state index contributed by atoms with van der Waals surface area (Å²) in [6.07, 6.45) is 3.07. The van der Waals surface area contributed by atoms with Gasteiger partial charge in [0.25, 0.3) is 0 Å². The van der Waals surface area contributed by atoms with Crippen molar-refractivity contribution in [3.05, 3.63) is 107 Å². The average molecular weight is 464 g/mol. The maximum absolute atomic E-state index is 14.7. The monoisotopic (exact) mass is 464 g/mol. The minimum atomic E-state index is -1.06. The van der Waals surface area contributed by atoms with Crippen molar-refractivity contribution in [1.82, 2.24) is 0 Å². The molecular formula is C28H20F4O2. The Balaban J connectivity index is 1.56. The minimum absolute atomic E-state index is 0.0853. The van der Waals surface area contributed by atoms with E-state index in [2.05, 4.69) is 0 Å². The molecule has 2 nitrogen and oxygen atoms in total. The van der Waals surface area contributed by atoms with Gasteiger partial charge in [-0.25, -0.2) is 13.2 Å². The quantitative estimate of drug-likeness (QED) is 0.214. The van der Waals surface area contributed by atoms with Gasteiger partial charge in [0.15, 0.2) is 23.2 Å². The number of hydrogen-bond donors (Lipinski definition) is 0. The summed E-state index contributed by atoms with van der Waals surface area (Å²) in [6.45, 7) is 0. The fraction of sp³-hybridized carbons (Fsp3) is 0.0714. The van der Waals surface area contributed by atoms with Crippen LogP contribution in [-0.4, -0.2) is 14.2 Å². The standard InChI is InChI=1S/C28H20F4O2/c1-33-21-12-9-19(10-13-21)22-14-11-20(25(29)26(22)30)8-5-17-3-6-18(7-4-17)23-15-16-24(34-2)28(32)27(23)31/h3-16H,1-2H3/b8-5+. The van der Waals surface area contributed by atoms with Gasteiger partial charge in [-0.15, -0.1) is 0 Å². The Morgan fingerprint density at radius 3 is 1.68 bits per heavy atom. The van der Waals surface area contributed by atoms with Gasteiger partial charge in [0.05, 0.1) is 14.2 Å². The molecule has 4 rings (SSSR count). The number of ether oxygens (including phenoxy) is 2.